The van der Waals surface area contributed by atoms with Crippen LogP contribution >= 0.6 is 34.9 Å². The molecule has 0 aliphatic heterocycles. The van der Waals surface area contributed by atoms with Gasteiger partial charge in [-0.05, 0) is 11.8 Å². The van der Waals surface area contributed by atoms with Gasteiger partial charge in [0.15, 0.2) is 8.68 Å². The molecule has 2 rings (SSSR count). The van der Waals surface area contributed by atoms with Gasteiger partial charge in [0.05, 0.1) is 0 Å². The normalized spacial score (nSPS) is 10.5. The number of benzene rings is 1. The molecule has 4 nitrogen and oxygen atoms in total. The molecule has 94 valence electrons. The maximum atomic E-state index is 7.32. The molecular weight excluding hydrogens is 284 g/mol. The average molecular weight is 296 g/mol. The van der Waals surface area contributed by atoms with Crippen molar-refractivity contribution in [2.45, 2.75) is 14.4 Å². The molecule has 0 unspecified atom stereocenters. The summed E-state index contributed by atoms with van der Waals surface area (Å²) in [5.41, 5.74) is 7.35. The number of hydrogen-bond acceptors (Lipinski definition) is 6. The summed E-state index contributed by atoms with van der Waals surface area (Å²) in [5.74, 6) is 0.948. The van der Waals surface area contributed by atoms with Gasteiger partial charge >= 0.3 is 0 Å². The van der Waals surface area contributed by atoms with E-state index in [1.54, 1.807) is 34.9 Å². The van der Waals surface area contributed by atoms with E-state index in [0.717, 1.165) is 20.0 Å². The fraction of sp³-hybridized carbons (Fsp3) is 0.182. The zero-order valence-corrected chi connectivity index (χ0v) is 12.2. The van der Waals surface area contributed by atoms with Crippen molar-refractivity contribution in [1.82, 2.24) is 10.2 Å². The smallest absolute Gasteiger partial charge is 0.175 e. The molecule has 18 heavy (non-hydrogen) atoms. The SMILES string of the molecule is CSc1nnc(SCc2ccc(C(=N)N)cc2)s1. The minimum absolute atomic E-state index is 0.0999. The summed E-state index contributed by atoms with van der Waals surface area (Å²) in [7, 11) is 0. The molecular formula is C11H12N4S3. The van der Waals surface area contributed by atoms with Gasteiger partial charge < -0.3 is 5.73 Å². The first kappa shape index (κ1) is 13.4. The van der Waals surface area contributed by atoms with Crippen LogP contribution in [0, 0.1) is 5.41 Å². The lowest BCUT2D eigenvalue weighted by Gasteiger charge is -2.01. The first-order valence-electron chi connectivity index (χ1n) is 5.12. The van der Waals surface area contributed by atoms with Gasteiger partial charge in [0.1, 0.15) is 5.84 Å². The molecule has 1 aromatic heterocycles. The number of aromatic nitrogens is 2. The third kappa shape index (κ3) is 3.47. The molecule has 3 N–H and O–H groups in total. The highest BCUT2D eigenvalue weighted by molar-refractivity contribution is 8.02. The monoisotopic (exact) mass is 296 g/mol. The molecule has 0 radical (unpaired) electrons. The fourth-order valence-electron chi connectivity index (χ4n) is 1.26. The van der Waals surface area contributed by atoms with E-state index in [-0.39, 0.29) is 5.84 Å². The fourth-order valence-corrected chi connectivity index (χ4v) is 3.66. The Kier molecular flexibility index (Phi) is 4.62. The van der Waals surface area contributed by atoms with Crippen LogP contribution in [0.2, 0.25) is 0 Å². The summed E-state index contributed by atoms with van der Waals surface area (Å²) in [6.07, 6.45) is 2.00. The molecule has 0 aliphatic carbocycles. The van der Waals surface area contributed by atoms with Gasteiger partial charge in [-0.15, -0.1) is 10.2 Å². The summed E-state index contributed by atoms with van der Waals surface area (Å²) < 4.78 is 1.97. The average Bonchev–Trinajstić information content (AvgIpc) is 2.85. The molecule has 0 atom stereocenters. The lowest BCUT2D eigenvalue weighted by atomic mass is 10.1. The third-order valence-electron chi connectivity index (χ3n) is 2.19. The number of thioether (sulfide) groups is 2. The van der Waals surface area contributed by atoms with Gasteiger partial charge in [0, 0.05) is 11.3 Å². The van der Waals surface area contributed by atoms with Crippen molar-refractivity contribution < 1.29 is 0 Å². The maximum Gasteiger partial charge on any atom is 0.175 e. The third-order valence-corrected chi connectivity index (χ3v) is 5.29. The van der Waals surface area contributed by atoms with E-state index in [4.69, 9.17) is 11.1 Å². The minimum atomic E-state index is 0.0999. The molecule has 1 aromatic carbocycles. The van der Waals surface area contributed by atoms with Gasteiger partial charge in [0.2, 0.25) is 0 Å². The second-order valence-electron chi connectivity index (χ2n) is 3.44. The predicted molar refractivity (Wildman–Crippen MR) is 78.7 cm³/mol. The summed E-state index contributed by atoms with van der Waals surface area (Å²) in [4.78, 5) is 0. The Morgan fingerprint density at radius 2 is 1.94 bits per heavy atom. The zero-order valence-electron chi connectivity index (χ0n) is 9.71. The van der Waals surface area contributed by atoms with E-state index in [2.05, 4.69) is 10.2 Å². The number of hydrogen-bond donors (Lipinski definition) is 2. The Morgan fingerprint density at radius 3 is 2.50 bits per heavy atom. The van der Waals surface area contributed by atoms with Crippen molar-refractivity contribution in [1.29, 1.82) is 5.41 Å². The Labute approximate surface area is 118 Å². The van der Waals surface area contributed by atoms with Crippen LogP contribution in [0.25, 0.3) is 0 Å². The lowest BCUT2D eigenvalue weighted by Crippen LogP contribution is -2.10. The van der Waals surface area contributed by atoms with Gasteiger partial charge in [-0.1, -0.05) is 59.1 Å². The van der Waals surface area contributed by atoms with Crippen LogP contribution < -0.4 is 5.73 Å². The molecule has 0 bridgehead atoms. The summed E-state index contributed by atoms with van der Waals surface area (Å²) in [6.45, 7) is 0. The number of nitrogens with zero attached hydrogens (tertiary/aromatic N) is 2. The molecule has 0 saturated carbocycles. The number of rotatable bonds is 5. The van der Waals surface area contributed by atoms with E-state index < -0.39 is 0 Å². The summed E-state index contributed by atoms with van der Waals surface area (Å²) >= 11 is 4.89. The van der Waals surface area contributed by atoms with Crippen LogP contribution in [0.4, 0.5) is 0 Å². The maximum absolute atomic E-state index is 7.32. The van der Waals surface area contributed by atoms with Gasteiger partial charge in [-0.3, -0.25) is 5.41 Å². The molecule has 1 heterocycles. The molecule has 0 amide bonds. The molecule has 2 aromatic rings. The van der Waals surface area contributed by atoms with E-state index in [1.165, 1.54) is 5.56 Å². The molecule has 0 spiro atoms. The van der Waals surface area contributed by atoms with E-state index in [1.807, 2.05) is 30.5 Å². The van der Waals surface area contributed by atoms with Crippen LogP contribution in [0.3, 0.4) is 0 Å². The standard InChI is InChI=1S/C11H12N4S3/c1-16-10-14-15-11(18-10)17-6-7-2-4-8(5-3-7)9(12)13/h2-5H,6H2,1H3,(H3,12,13). The van der Waals surface area contributed by atoms with Crippen molar-refractivity contribution in [3.63, 3.8) is 0 Å². The van der Waals surface area contributed by atoms with Gasteiger partial charge in [-0.2, -0.15) is 0 Å². The van der Waals surface area contributed by atoms with Gasteiger partial charge in [0.25, 0.3) is 0 Å². The topological polar surface area (TPSA) is 75.7 Å². The van der Waals surface area contributed by atoms with Crippen molar-refractivity contribution in [2.75, 3.05) is 6.26 Å². The molecule has 0 saturated heterocycles. The first-order chi connectivity index (χ1) is 8.69. The van der Waals surface area contributed by atoms with Crippen molar-refractivity contribution in [3.05, 3.63) is 35.4 Å². The van der Waals surface area contributed by atoms with Crippen molar-refractivity contribution >= 4 is 40.7 Å². The van der Waals surface area contributed by atoms with Crippen LogP contribution in [-0.2, 0) is 5.75 Å². The van der Waals surface area contributed by atoms with E-state index in [9.17, 15) is 0 Å². The van der Waals surface area contributed by atoms with Crippen LogP contribution in [0.1, 0.15) is 11.1 Å². The zero-order chi connectivity index (χ0) is 13.0. The number of nitrogens with two attached hydrogens (primary N) is 1. The Bertz CT molecular complexity index is 535. The Hall–Kier alpha value is -1.05. The highest BCUT2D eigenvalue weighted by Crippen LogP contribution is 2.29. The molecule has 0 aliphatic rings. The summed E-state index contributed by atoms with van der Waals surface area (Å²) in [6, 6.07) is 7.71. The van der Waals surface area contributed by atoms with Crippen LogP contribution in [-0.4, -0.2) is 22.3 Å². The quantitative estimate of drug-likeness (QED) is 0.504. The predicted octanol–water partition coefficient (Wildman–Crippen LogP) is 2.84. The highest BCUT2D eigenvalue weighted by Gasteiger charge is 2.04. The lowest BCUT2D eigenvalue weighted by molar-refractivity contribution is 0.955. The minimum Gasteiger partial charge on any atom is -0.384 e. The van der Waals surface area contributed by atoms with Crippen molar-refractivity contribution in [2.24, 2.45) is 5.73 Å². The largest absolute Gasteiger partial charge is 0.384 e. The van der Waals surface area contributed by atoms with E-state index >= 15 is 0 Å². The Balaban J connectivity index is 1.95. The second kappa shape index (κ2) is 6.21. The van der Waals surface area contributed by atoms with E-state index in [0.29, 0.717) is 0 Å². The number of nitrogens with one attached hydrogen (secondary N) is 1. The first-order valence-corrected chi connectivity index (χ1v) is 8.15. The van der Waals surface area contributed by atoms with Crippen molar-refractivity contribution in [3.8, 4) is 0 Å². The number of amidine groups is 1. The van der Waals surface area contributed by atoms with Crippen LogP contribution in [0.5, 0.6) is 0 Å². The van der Waals surface area contributed by atoms with Gasteiger partial charge in [-0.25, -0.2) is 0 Å². The second-order valence-corrected chi connectivity index (χ2v) is 6.69. The number of nitrogen functional groups attached to an aromatic ring is 1. The molecule has 7 heteroatoms. The highest BCUT2D eigenvalue weighted by atomic mass is 32.2. The molecule has 0 fully saturated rings. The van der Waals surface area contributed by atoms with Crippen LogP contribution in [0.15, 0.2) is 32.9 Å². The Morgan fingerprint density at radius 1 is 1.28 bits per heavy atom. The summed E-state index contributed by atoms with van der Waals surface area (Å²) in [5, 5.41) is 15.5.